The van der Waals surface area contributed by atoms with Crippen molar-refractivity contribution in [1.29, 1.82) is 0 Å². The highest BCUT2D eigenvalue weighted by Crippen LogP contribution is 2.32. The van der Waals surface area contributed by atoms with Crippen LogP contribution in [0.1, 0.15) is 12.0 Å². The Hall–Kier alpha value is -2.99. The zero-order valence-corrected chi connectivity index (χ0v) is 16.8. The molecule has 4 rings (SSSR count). The Bertz CT molecular complexity index is 1060. The largest absolute Gasteiger partial charge is 0.495 e. The van der Waals surface area contributed by atoms with E-state index in [0.717, 1.165) is 17.5 Å². The maximum atomic E-state index is 12.6. The molecule has 150 valence electrons. The third kappa shape index (κ3) is 3.93. The lowest BCUT2D eigenvalue weighted by Gasteiger charge is -2.17. The summed E-state index contributed by atoms with van der Waals surface area (Å²) < 4.78 is 5.15. The number of carbonyl (C=O) groups is 2. The van der Waals surface area contributed by atoms with Crippen molar-refractivity contribution in [3.63, 3.8) is 0 Å². The molecule has 0 aliphatic carbocycles. The molecule has 1 aliphatic rings. The summed E-state index contributed by atoms with van der Waals surface area (Å²) in [5.74, 6) is 0.00305. The Labute approximate surface area is 173 Å². The average Bonchev–Trinajstić information content (AvgIpc) is 3.32. The van der Waals surface area contributed by atoms with E-state index in [4.69, 9.17) is 16.3 Å². The molecule has 29 heavy (non-hydrogen) atoms. The number of H-pyrrole nitrogens is 1. The quantitative estimate of drug-likeness (QED) is 0.651. The number of anilines is 1. The van der Waals surface area contributed by atoms with Gasteiger partial charge in [-0.2, -0.15) is 0 Å². The van der Waals surface area contributed by atoms with E-state index in [0.29, 0.717) is 29.5 Å². The van der Waals surface area contributed by atoms with Crippen LogP contribution < -0.4 is 15.0 Å². The molecule has 1 saturated heterocycles. The minimum atomic E-state index is -0.369. The fourth-order valence-corrected chi connectivity index (χ4v) is 4.01. The van der Waals surface area contributed by atoms with Crippen LogP contribution in [0, 0.1) is 5.92 Å². The lowest BCUT2D eigenvalue weighted by molar-refractivity contribution is -0.126. The number of nitrogens with one attached hydrogen (secondary N) is 2. The SMILES string of the molecule is COc1ccc(N2CC(C(=O)NCCc3c[nH]c4ccccc34)CC2=O)cc1Cl. The fourth-order valence-electron chi connectivity index (χ4n) is 3.76. The van der Waals surface area contributed by atoms with Crippen molar-refractivity contribution in [2.45, 2.75) is 12.8 Å². The molecule has 1 atom stereocenters. The number of benzene rings is 2. The molecule has 6 nitrogen and oxygen atoms in total. The van der Waals surface area contributed by atoms with E-state index < -0.39 is 0 Å². The van der Waals surface area contributed by atoms with E-state index in [1.165, 1.54) is 5.39 Å². The van der Waals surface area contributed by atoms with Gasteiger partial charge in [-0.15, -0.1) is 0 Å². The first-order chi connectivity index (χ1) is 14.1. The molecule has 1 aliphatic heterocycles. The van der Waals surface area contributed by atoms with E-state index in [9.17, 15) is 9.59 Å². The first-order valence-electron chi connectivity index (χ1n) is 9.53. The van der Waals surface area contributed by atoms with Crippen molar-refractivity contribution in [1.82, 2.24) is 10.3 Å². The van der Waals surface area contributed by atoms with Crippen molar-refractivity contribution in [3.05, 3.63) is 59.2 Å². The number of para-hydroxylation sites is 1. The number of rotatable bonds is 6. The molecule has 0 radical (unpaired) electrons. The van der Waals surface area contributed by atoms with Crippen LogP contribution in [0.15, 0.2) is 48.7 Å². The van der Waals surface area contributed by atoms with E-state index >= 15 is 0 Å². The molecular weight excluding hydrogens is 390 g/mol. The number of halogens is 1. The Balaban J connectivity index is 1.35. The van der Waals surface area contributed by atoms with Gasteiger partial charge in [-0.3, -0.25) is 9.59 Å². The highest BCUT2D eigenvalue weighted by Gasteiger charge is 2.35. The molecule has 0 spiro atoms. The molecule has 2 N–H and O–H groups in total. The predicted octanol–water partition coefficient (Wildman–Crippen LogP) is 3.54. The van der Waals surface area contributed by atoms with Crippen LogP contribution in [0.25, 0.3) is 10.9 Å². The Morgan fingerprint density at radius 2 is 2.14 bits per heavy atom. The van der Waals surface area contributed by atoms with Gasteiger partial charge in [-0.1, -0.05) is 29.8 Å². The number of hydrogen-bond donors (Lipinski definition) is 2. The van der Waals surface area contributed by atoms with Crippen molar-refractivity contribution in [2.75, 3.05) is 25.1 Å². The topological polar surface area (TPSA) is 74.4 Å². The second-order valence-corrected chi connectivity index (χ2v) is 7.53. The molecule has 0 saturated carbocycles. The highest BCUT2D eigenvalue weighted by molar-refractivity contribution is 6.32. The molecule has 2 heterocycles. The van der Waals surface area contributed by atoms with Crippen LogP contribution in [-0.4, -0.2) is 37.0 Å². The molecule has 1 aromatic heterocycles. The van der Waals surface area contributed by atoms with Crippen molar-refractivity contribution in [3.8, 4) is 5.75 Å². The van der Waals surface area contributed by atoms with Gasteiger partial charge in [0.1, 0.15) is 5.75 Å². The summed E-state index contributed by atoms with van der Waals surface area (Å²) in [6.07, 6.45) is 2.90. The van der Waals surface area contributed by atoms with Gasteiger partial charge in [0, 0.05) is 42.3 Å². The molecule has 1 unspecified atom stereocenters. The van der Waals surface area contributed by atoms with Crippen LogP contribution in [0.3, 0.4) is 0 Å². The highest BCUT2D eigenvalue weighted by atomic mass is 35.5. The second kappa shape index (κ2) is 8.17. The van der Waals surface area contributed by atoms with Crippen molar-refractivity contribution >= 4 is 40.0 Å². The van der Waals surface area contributed by atoms with E-state index in [-0.39, 0.29) is 24.2 Å². The van der Waals surface area contributed by atoms with E-state index in [1.807, 2.05) is 24.4 Å². The lowest BCUT2D eigenvalue weighted by atomic mass is 10.1. The summed E-state index contributed by atoms with van der Waals surface area (Å²) >= 11 is 6.17. The molecular formula is C22H22ClN3O3. The zero-order chi connectivity index (χ0) is 20.4. The Morgan fingerprint density at radius 1 is 1.31 bits per heavy atom. The summed E-state index contributed by atoms with van der Waals surface area (Å²) in [5.41, 5.74) is 2.93. The van der Waals surface area contributed by atoms with Gasteiger partial charge in [-0.05, 0) is 36.2 Å². The number of amides is 2. The number of carbonyl (C=O) groups excluding carboxylic acids is 2. The second-order valence-electron chi connectivity index (χ2n) is 7.12. The summed E-state index contributed by atoms with van der Waals surface area (Å²) in [7, 11) is 1.54. The molecule has 2 aromatic carbocycles. The third-order valence-corrected chi connectivity index (χ3v) is 5.61. The number of nitrogens with zero attached hydrogens (tertiary/aromatic N) is 1. The molecule has 2 amide bonds. The summed E-state index contributed by atoms with van der Waals surface area (Å²) in [4.78, 5) is 29.9. The minimum Gasteiger partial charge on any atom is -0.495 e. The van der Waals surface area contributed by atoms with Gasteiger partial charge in [0.2, 0.25) is 11.8 Å². The smallest absolute Gasteiger partial charge is 0.227 e. The van der Waals surface area contributed by atoms with Gasteiger partial charge >= 0.3 is 0 Å². The summed E-state index contributed by atoms with van der Waals surface area (Å²) in [6.45, 7) is 0.875. The van der Waals surface area contributed by atoms with Gasteiger partial charge < -0.3 is 19.9 Å². The third-order valence-electron chi connectivity index (χ3n) is 5.31. The van der Waals surface area contributed by atoms with Crippen LogP contribution in [-0.2, 0) is 16.0 Å². The standard InChI is InChI=1S/C22H22ClN3O3/c1-29-20-7-6-16(11-18(20)23)26-13-15(10-21(26)27)22(28)24-9-8-14-12-25-19-5-3-2-4-17(14)19/h2-7,11-12,15,25H,8-10,13H2,1H3,(H,24,28). The van der Waals surface area contributed by atoms with Crippen LogP contribution in [0.2, 0.25) is 5.02 Å². The zero-order valence-electron chi connectivity index (χ0n) is 16.1. The Kier molecular flexibility index (Phi) is 5.45. The molecule has 0 bridgehead atoms. The van der Waals surface area contributed by atoms with E-state index in [1.54, 1.807) is 30.2 Å². The fraction of sp³-hybridized carbons (Fsp3) is 0.273. The summed E-state index contributed by atoms with van der Waals surface area (Å²) in [6, 6.07) is 13.3. The lowest BCUT2D eigenvalue weighted by Crippen LogP contribution is -2.34. The van der Waals surface area contributed by atoms with Crippen LogP contribution in [0.5, 0.6) is 5.75 Å². The Morgan fingerprint density at radius 3 is 2.93 bits per heavy atom. The van der Waals surface area contributed by atoms with Crippen LogP contribution >= 0.6 is 11.6 Å². The van der Waals surface area contributed by atoms with Crippen LogP contribution in [0.4, 0.5) is 5.69 Å². The maximum Gasteiger partial charge on any atom is 0.227 e. The predicted molar refractivity (Wildman–Crippen MR) is 113 cm³/mol. The van der Waals surface area contributed by atoms with Crippen molar-refractivity contribution < 1.29 is 14.3 Å². The number of aromatic nitrogens is 1. The molecule has 3 aromatic rings. The number of ether oxygens (including phenoxy) is 1. The normalized spacial score (nSPS) is 16.4. The van der Waals surface area contributed by atoms with E-state index in [2.05, 4.69) is 16.4 Å². The average molecular weight is 412 g/mol. The van der Waals surface area contributed by atoms with Gasteiger partial charge in [0.05, 0.1) is 18.1 Å². The molecule has 7 heteroatoms. The first kappa shape index (κ1) is 19.3. The number of hydrogen-bond acceptors (Lipinski definition) is 3. The number of fused-ring (bicyclic) bond motifs is 1. The van der Waals surface area contributed by atoms with Crippen molar-refractivity contribution in [2.24, 2.45) is 5.92 Å². The first-order valence-corrected chi connectivity index (χ1v) is 9.91. The number of aromatic amines is 1. The minimum absolute atomic E-state index is 0.0805. The monoisotopic (exact) mass is 411 g/mol. The molecule has 1 fully saturated rings. The number of methoxy groups -OCH3 is 1. The van der Waals surface area contributed by atoms with Gasteiger partial charge in [-0.25, -0.2) is 0 Å². The van der Waals surface area contributed by atoms with Gasteiger partial charge in [0.15, 0.2) is 0 Å². The summed E-state index contributed by atoms with van der Waals surface area (Å²) in [5, 5.41) is 4.57. The maximum absolute atomic E-state index is 12.6. The van der Waals surface area contributed by atoms with Gasteiger partial charge in [0.25, 0.3) is 0 Å².